The average Bonchev–Trinajstić information content (AvgIpc) is 3.11. The Labute approximate surface area is 313 Å². The van der Waals surface area contributed by atoms with Crippen LogP contribution in [0.15, 0.2) is 24.3 Å². The minimum absolute atomic E-state index is 0.352. The quantitative estimate of drug-likeness (QED) is 0.0443. The Bertz CT molecular complexity index is 614. The second-order valence-corrected chi connectivity index (χ2v) is 16.2. The lowest BCUT2D eigenvalue weighted by molar-refractivity contribution is 0.522. The van der Waals surface area contributed by atoms with Crippen LogP contribution in [-0.4, -0.2) is 0 Å². The van der Waals surface area contributed by atoms with E-state index in [1.807, 2.05) is 0 Å². The fourth-order valence-electron chi connectivity index (χ4n) is 7.46. The lowest BCUT2D eigenvalue weighted by Crippen LogP contribution is -1.85. The van der Waals surface area contributed by atoms with E-state index < -0.39 is 0 Å². The van der Waals surface area contributed by atoms with Gasteiger partial charge in [0.15, 0.2) is 0 Å². The number of unbranched alkanes of at least 4 members (excludes halogenated alkanes) is 39. The summed E-state index contributed by atoms with van der Waals surface area (Å²) in [6.07, 6.45) is 68.6. The van der Waals surface area contributed by atoms with Crippen molar-refractivity contribution in [3.63, 3.8) is 0 Å². The van der Waals surface area contributed by atoms with Crippen LogP contribution < -0.4 is 0 Å². The zero-order valence-electron chi connectivity index (χ0n) is 34.6. The summed E-state index contributed by atoms with van der Waals surface area (Å²) in [5.74, 6) is 0.352. The monoisotopic (exact) mass is 684 g/mol. The molecule has 1 unspecified atom stereocenters. The van der Waals surface area contributed by atoms with Gasteiger partial charge in [-0.15, -0.1) is 0 Å². The van der Waals surface area contributed by atoms with Crippen LogP contribution >= 0.6 is 0 Å². The average molecular weight is 684 g/mol. The molecule has 0 aromatic heterocycles. The van der Waals surface area contributed by atoms with Crippen molar-refractivity contribution in [3.8, 4) is 0 Å². The predicted molar refractivity (Wildman–Crippen MR) is 228 cm³/mol. The van der Waals surface area contributed by atoms with E-state index in [9.17, 15) is 0 Å². The molecule has 0 nitrogen and oxygen atoms in total. The van der Waals surface area contributed by atoms with Gasteiger partial charge in [0.2, 0.25) is 0 Å². The molecule has 0 saturated heterocycles. The van der Waals surface area contributed by atoms with E-state index in [4.69, 9.17) is 0 Å². The molecule has 0 fully saturated rings. The highest BCUT2D eigenvalue weighted by Gasteiger charge is 1.98. The highest BCUT2D eigenvalue weighted by molar-refractivity contribution is 5.02. The molecule has 0 aliphatic rings. The number of hydrogen-bond acceptors (Lipinski definition) is 0. The molecule has 0 aromatic rings. The van der Waals surface area contributed by atoms with Crippen LogP contribution in [0, 0.1) is 12.8 Å². The van der Waals surface area contributed by atoms with Crippen molar-refractivity contribution >= 4 is 0 Å². The zero-order chi connectivity index (χ0) is 35.4. The van der Waals surface area contributed by atoms with E-state index in [0.29, 0.717) is 5.92 Å². The first-order valence-corrected chi connectivity index (χ1v) is 23.5. The second kappa shape index (κ2) is 45.5. The first kappa shape index (κ1) is 48.5. The zero-order valence-corrected chi connectivity index (χ0v) is 34.6. The molecule has 0 bridgehead atoms. The fourth-order valence-corrected chi connectivity index (χ4v) is 7.46. The van der Waals surface area contributed by atoms with Crippen molar-refractivity contribution in [2.75, 3.05) is 0 Å². The highest BCUT2D eigenvalue weighted by Crippen LogP contribution is 2.17. The van der Waals surface area contributed by atoms with E-state index in [1.54, 1.807) is 0 Å². The van der Waals surface area contributed by atoms with Crippen LogP contribution in [0.4, 0.5) is 0 Å². The topological polar surface area (TPSA) is 0 Å². The molecule has 49 heavy (non-hydrogen) atoms. The summed E-state index contributed by atoms with van der Waals surface area (Å²) in [5.41, 5.74) is 0. The van der Waals surface area contributed by atoms with Gasteiger partial charge in [-0.1, -0.05) is 276 Å². The predicted octanol–water partition coefficient (Wildman–Crippen LogP) is 18.6. The Kier molecular flexibility index (Phi) is 45.0. The van der Waals surface area contributed by atoms with Crippen molar-refractivity contribution < 1.29 is 0 Å². The second-order valence-electron chi connectivity index (χ2n) is 16.2. The normalized spacial score (nSPS) is 12.6. The van der Waals surface area contributed by atoms with E-state index in [-0.39, 0.29) is 0 Å². The Balaban J connectivity index is 3.25. The van der Waals surface area contributed by atoms with Gasteiger partial charge in [-0.25, -0.2) is 0 Å². The lowest BCUT2D eigenvalue weighted by atomic mass is 10.0. The summed E-state index contributed by atoms with van der Waals surface area (Å²) in [6, 6.07) is 0. The summed E-state index contributed by atoms with van der Waals surface area (Å²) in [5, 5.41) is 0. The van der Waals surface area contributed by atoms with Crippen molar-refractivity contribution in [2.24, 2.45) is 5.92 Å². The van der Waals surface area contributed by atoms with Crippen LogP contribution in [0.5, 0.6) is 0 Å². The minimum Gasteiger partial charge on any atom is -0.0879 e. The third-order valence-corrected chi connectivity index (χ3v) is 11.0. The lowest BCUT2D eigenvalue weighted by Gasteiger charge is -2.04. The van der Waals surface area contributed by atoms with Gasteiger partial charge in [0.05, 0.1) is 0 Å². The first-order valence-electron chi connectivity index (χ1n) is 23.5. The number of hydrogen-bond donors (Lipinski definition) is 0. The van der Waals surface area contributed by atoms with Gasteiger partial charge in [-0.3, -0.25) is 0 Å². The molecular weight excluding hydrogens is 589 g/mol. The fraction of sp³-hybridized carbons (Fsp3) is 0.898. The number of allylic oxidation sites excluding steroid dienone is 4. The van der Waals surface area contributed by atoms with E-state index in [2.05, 4.69) is 45.1 Å². The molecule has 0 aliphatic carbocycles. The molecule has 1 atom stereocenters. The Morgan fingerprint density at radius 2 is 0.429 bits per heavy atom. The van der Waals surface area contributed by atoms with Crippen LogP contribution in [0.2, 0.25) is 0 Å². The van der Waals surface area contributed by atoms with E-state index in [1.165, 1.54) is 263 Å². The highest BCUT2D eigenvalue weighted by atomic mass is 14.0. The van der Waals surface area contributed by atoms with Gasteiger partial charge in [-0.05, 0) is 38.5 Å². The standard InChI is InChI=1S/C49H95/c1-4-6-8-10-12-14-16-18-20-22-24-26-28-30-32-34-36-38-40-42-44-46-48-49(3)47-45-43-41-39-37-35-33-31-29-27-25-23-21-19-17-15-13-11-9-7-5-2/h45-49H,3-44H2,1-2H3. The molecular formula is C49H95. The van der Waals surface area contributed by atoms with Crippen molar-refractivity contribution in [1.82, 2.24) is 0 Å². The van der Waals surface area contributed by atoms with Gasteiger partial charge in [0, 0.05) is 0 Å². The van der Waals surface area contributed by atoms with Gasteiger partial charge in [-0.2, -0.15) is 0 Å². The van der Waals surface area contributed by atoms with Gasteiger partial charge < -0.3 is 0 Å². The maximum atomic E-state index is 4.31. The van der Waals surface area contributed by atoms with Gasteiger partial charge in [0.25, 0.3) is 0 Å². The molecule has 0 saturated carbocycles. The summed E-state index contributed by atoms with van der Waals surface area (Å²) in [7, 11) is 0. The SMILES string of the molecule is [CH2]C(C=CCCCCCCCCCCCCCCCCCCCCC)C=CCCCCCCCCCCCCCCCCCCCCCC. The third kappa shape index (κ3) is 45.5. The Morgan fingerprint density at radius 3 is 0.612 bits per heavy atom. The first-order chi connectivity index (χ1) is 24.3. The van der Waals surface area contributed by atoms with Gasteiger partial charge in [0.1, 0.15) is 0 Å². The maximum absolute atomic E-state index is 4.31. The molecule has 0 spiro atoms. The Hall–Kier alpha value is -0.520. The van der Waals surface area contributed by atoms with Crippen molar-refractivity contribution in [3.05, 3.63) is 31.2 Å². The molecule has 0 heterocycles. The third-order valence-electron chi connectivity index (χ3n) is 11.0. The molecule has 0 rings (SSSR count). The Morgan fingerprint density at radius 1 is 0.265 bits per heavy atom. The van der Waals surface area contributed by atoms with Crippen LogP contribution in [0.3, 0.4) is 0 Å². The number of rotatable bonds is 43. The molecule has 0 amide bonds. The summed E-state index contributed by atoms with van der Waals surface area (Å²) < 4.78 is 0. The van der Waals surface area contributed by atoms with Crippen LogP contribution in [0.1, 0.15) is 277 Å². The molecule has 291 valence electrons. The molecule has 0 heteroatoms. The molecule has 0 N–H and O–H groups in total. The van der Waals surface area contributed by atoms with E-state index in [0.717, 1.165) is 0 Å². The van der Waals surface area contributed by atoms with Crippen LogP contribution in [-0.2, 0) is 0 Å². The molecule has 0 aromatic carbocycles. The molecule has 1 radical (unpaired) electrons. The van der Waals surface area contributed by atoms with Gasteiger partial charge >= 0.3 is 0 Å². The summed E-state index contributed by atoms with van der Waals surface area (Å²) in [4.78, 5) is 0. The minimum atomic E-state index is 0.352. The summed E-state index contributed by atoms with van der Waals surface area (Å²) >= 11 is 0. The maximum Gasteiger partial charge on any atom is -0.00532 e. The van der Waals surface area contributed by atoms with Crippen molar-refractivity contribution in [1.29, 1.82) is 0 Å². The van der Waals surface area contributed by atoms with E-state index >= 15 is 0 Å². The largest absolute Gasteiger partial charge is 0.0879 e. The smallest absolute Gasteiger partial charge is 0.00532 e. The molecule has 0 aliphatic heterocycles. The summed E-state index contributed by atoms with van der Waals surface area (Å²) in [6.45, 7) is 8.93. The van der Waals surface area contributed by atoms with Crippen molar-refractivity contribution in [2.45, 2.75) is 277 Å². The van der Waals surface area contributed by atoms with Crippen LogP contribution in [0.25, 0.3) is 0 Å².